The third-order valence-corrected chi connectivity index (χ3v) is 2.50. The van der Waals surface area contributed by atoms with E-state index in [4.69, 9.17) is 9.84 Å². The van der Waals surface area contributed by atoms with Crippen LogP contribution in [0.3, 0.4) is 0 Å². The highest BCUT2D eigenvalue weighted by atomic mass is 16.5. The second kappa shape index (κ2) is 7.21. The van der Waals surface area contributed by atoms with E-state index < -0.39 is 6.03 Å². The Hall–Kier alpha value is -1.18. The Morgan fingerprint density at radius 1 is 1.47 bits per heavy atom. The van der Waals surface area contributed by atoms with E-state index in [9.17, 15) is 9.59 Å². The molecule has 1 aliphatic heterocycles. The van der Waals surface area contributed by atoms with Crippen molar-refractivity contribution in [2.45, 2.75) is 0 Å². The van der Waals surface area contributed by atoms with Gasteiger partial charge in [0.15, 0.2) is 0 Å². The largest absolute Gasteiger partial charge is 0.396 e. The second-order valence-corrected chi connectivity index (χ2v) is 4.04. The lowest BCUT2D eigenvalue weighted by molar-refractivity contribution is -0.123. The number of carbonyl (C=O) groups is 2. The van der Waals surface area contributed by atoms with Gasteiger partial charge in [0.25, 0.3) is 0 Å². The number of methoxy groups -OCH3 is 1. The number of carbonyl (C=O) groups excluding carboxylic acids is 2. The molecule has 0 atom stereocenters. The number of aliphatic hydroxyl groups is 1. The van der Waals surface area contributed by atoms with Gasteiger partial charge in [-0.05, 0) is 0 Å². The van der Waals surface area contributed by atoms with E-state index in [1.807, 2.05) is 4.90 Å². The van der Waals surface area contributed by atoms with Crippen LogP contribution in [0.1, 0.15) is 0 Å². The number of nitrogens with one attached hydrogen (secondary N) is 2. The summed E-state index contributed by atoms with van der Waals surface area (Å²) < 4.78 is 4.75. The predicted molar refractivity (Wildman–Crippen MR) is 60.4 cm³/mol. The van der Waals surface area contributed by atoms with Gasteiger partial charge in [0.2, 0.25) is 5.91 Å². The molecular weight excluding hydrogens is 226 g/mol. The number of likely N-dealkylation sites (tertiary alicyclic amines) is 1. The molecule has 7 heteroatoms. The number of hydrogen-bond donors (Lipinski definition) is 3. The molecule has 1 saturated heterocycles. The van der Waals surface area contributed by atoms with Crippen LogP contribution in [0, 0.1) is 5.92 Å². The van der Waals surface area contributed by atoms with Crippen LogP contribution in [0.25, 0.3) is 0 Å². The van der Waals surface area contributed by atoms with Crippen LogP contribution < -0.4 is 10.6 Å². The Bertz CT molecular complexity index is 266. The first-order valence-corrected chi connectivity index (χ1v) is 5.55. The summed E-state index contributed by atoms with van der Waals surface area (Å²) in [5.74, 6) is -0.0744. The number of hydrogen-bond acceptors (Lipinski definition) is 5. The van der Waals surface area contributed by atoms with Gasteiger partial charge in [0, 0.05) is 39.3 Å². The Balaban J connectivity index is 2.06. The van der Waals surface area contributed by atoms with Crippen LogP contribution in [0.4, 0.5) is 4.79 Å². The van der Waals surface area contributed by atoms with Crippen molar-refractivity contribution in [1.29, 1.82) is 0 Å². The topological polar surface area (TPSA) is 90.9 Å². The Morgan fingerprint density at radius 2 is 2.18 bits per heavy atom. The van der Waals surface area contributed by atoms with E-state index in [1.165, 1.54) is 7.11 Å². The van der Waals surface area contributed by atoms with Crippen LogP contribution in [-0.4, -0.2) is 68.4 Å². The van der Waals surface area contributed by atoms with E-state index in [2.05, 4.69) is 10.6 Å². The first kappa shape index (κ1) is 13.9. The molecule has 1 fully saturated rings. The predicted octanol–water partition coefficient (Wildman–Crippen LogP) is -1.62. The van der Waals surface area contributed by atoms with E-state index >= 15 is 0 Å². The fraction of sp³-hybridized carbons (Fsp3) is 0.800. The molecule has 0 aliphatic carbocycles. The monoisotopic (exact) mass is 245 g/mol. The maximum atomic E-state index is 11.4. The maximum absolute atomic E-state index is 11.4. The molecule has 1 heterocycles. The quantitative estimate of drug-likeness (QED) is 0.489. The molecule has 0 aromatic rings. The van der Waals surface area contributed by atoms with Gasteiger partial charge in [0.1, 0.15) is 0 Å². The van der Waals surface area contributed by atoms with Crippen LogP contribution in [-0.2, 0) is 9.53 Å². The molecule has 0 aromatic carbocycles. The lowest BCUT2D eigenvalue weighted by atomic mass is 10.0. The summed E-state index contributed by atoms with van der Waals surface area (Å²) in [5, 5.41) is 13.5. The zero-order chi connectivity index (χ0) is 12.7. The summed E-state index contributed by atoms with van der Waals surface area (Å²) in [6, 6.07) is -0.508. The highest BCUT2D eigenvalue weighted by Gasteiger charge is 2.27. The molecular formula is C10H19N3O4. The average Bonchev–Trinajstić information content (AvgIpc) is 2.23. The number of ether oxygens (including phenoxy) is 1. The van der Waals surface area contributed by atoms with Gasteiger partial charge < -0.3 is 15.2 Å². The molecule has 7 nitrogen and oxygen atoms in total. The molecule has 98 valence electrons. The molecule has 0 unspecified atom stereocenters. The van der Waals surface area contributed by atoms with Crippen molar-refractivity contribution < 1.29 is 19.4 Å². The highest BCUT2D eigenvalue weighted by molar-refractivity contribution is 5.95. The summed E-state index contributed by atoms with van der Waals surface area (Å²) in [5.41, 5.74) is 0. The summed E-state index contributed by atoms with van der Waals surface area (Å²) in [7, 11) is 1.53. The van der Waals surface area contributed by atoms with E-state index in [1.54, 1.807) is 0 Å². The number of urea groups is 1. The molecule has 0 bridgehead atoms. The van der Waals surface area contributed by atoms with Crippen molar-refractivity contribution in [3.8, 4) is 0 Å². The number of aliphatic hydroxyl groups excluding tert-OH is 1. The Kier molecular flexibility index (Phi) is 5.88. The second-order valence-electron chi connectivity index (χ2n) is 4.04. The number of nitrogens with zero attached hydrogens (tertiary/aromatic N) is 1. The van der Waals surface area contributed by atoms with E-state index in [-0.39, 0.29) is 25.0 Å². The third kappa shape index (κ3) is 5.12. The minimum Gasteiger partial charge on any atom is -0.396 e. The number of rotatable bonds is 6. The average molecular weight is 245 g/mol. The molecule has 1 rings (SSSR count). The van der Waals surface area contributed by atoms with Crippen molar-refractivity contribution in [3.63, 3.8) is 0 Å². The van der Waals surface area contributed by atoms with Crippen molar-refractivity contribution in [1.82, 2.24) is 15.5 Å². The van der Waals surface area contributed by atoms with Gasteiger partial charge in [-0.15, -0.1) is 0 Å². The van der Waals surface area contributed by atoms with Crippen molar-refractivity contribution in [2.24, 2.45) is 5.92 Å². The lowest BCUT2D eigenvalue weighted by Gasteiger charge is -2.37. The van der Waals surface area contributed by atoms with E-state index in [0.29, 0.717) is 26.2 Å². The Labute approximate surface area is 100 Å². The van der Waals surface area contributed by atoms with Gasteiger partial charge in [-0.2, -0.15) is 0 Å². The molecule has 0 aromatic heterocycles. The molecule has 0 saturated carbocycles. The van der Waals surface area contributed by atoms with Gasteiger partial charge in [0.05, 0.1) is 13.2 Å². The fourth-order valence-corrected chi connectivity index (χ4v) is 1.60. The maximum Gasteiger partial charge on any atom is 0.321 e. The third-order valence-electron chi connectivity index (χ3n) is 2.50. The van der Waals surface area contributed by atoms with Crippen molar-refractivity contribution in [2.75, 3.05) is 46.5 Å². The van der Waals surface area contributed by atoms with Gasteiger partial charge in [-0.1, -0.05) is 0 Å². The Morgan fingerprint density at radius 3 is 2.76 bits per heavy atom. The van der Waals surface area contributed by atoms with Crippen LogP contribution >= 0.6 is 0 Å². The van der Waals surface area contributed by atoms with Gasteiger partial charge in [-0.3, -0.25) is 15.0 Å². The van der Waals surface area contributed by atoms with Crippen LogP contribution in [0.5, 0.6) is 0 Å². The zero-order valence-corrected chi connectivity index (χ0v) is 9.94. The fourth-order valence-electron chi connectivity index (χ4n) is 1.60. The normalized spacial score (nSPS) is 16.4. The van der Waals surface area contributed by atoms with Gasteiger partial charge >= 0.3 is 6.03 Å². The minimum absolute atomic E-state index is 0.148. The smallest absolute Gasteiger partial charge is 0.321 e. The first-order valence-electron chi connectivity index (χ1n) is 5.55. The minimum atomic E-state index is -0.508. The molecule has 0 radical (unpaired) electrons. The van der Waals surface area contributed by atoms with Crippen molar-refractivity contribution >= 4 is 11.9 Å². The van der Waals surface area contributed by atoms with Gasteiger partial charge in [-0.25, -0.2) is 4.79 Å². The van der Waals surface area contributed by atoms with E-state index in [0.717, 1.165) is 0 Å². The lowest BCUT2D eigenvalue weighted by Crippen LogP contribution is -2.53. The van der Waals surface area contributed by atoms with Crippen LogP contribution in [0.15, 0.2) is 0 Å². The summed E-state index contributed by atoms with van der Waals surface area (Å²) in [6.07, 6.45) is 0. The summed E-state index contributed by atoms with van der Waals surface area (Å²) >= 11 is 0. The first-order chi connectivity index (χ1) is 8.15. The molecule has 0 spiro atoms. The van der Waals surface area contributed by atoms with Crippen LogP contribution in [0.2, 0.25) is 0 Å². The summed E-state index contributed by atoms with van der Waals surface area (Å²) in [4.78, 5) is 24.4. The summed E-state index contributed by atoms with van der Waals surface area (Å²) in [6.45, 7) is 2.52. The zero-order valence-electron chi connectivity index (χ0n) is 9.94. The molecule has 1 aliphatic rings. The number of amides is 3. The molecule has 3 amide bonds. The SMILES string of the molecule is COCCNC(=O)NC(=O)CN1CC(CO)C1. The standard InChI is InChI=1S/C10H19N3O4/c1-17-3-2-11-10(16)12-9(15)6-13-4-8(5-13)7-14/h8,14H,2-7H2,1H3,(H2,11,12,15,16). The molecule has 3 N–H and O–H groups in total. The molecule has 17 heavy (non-hydrogen) atoms. The highest BCUT2D eigenvalue weighted by Crippen LogP contribution is 2.13. The van der Waals surface area contributed by atoms with Crippen molar-refractivity contribution in [3.05, 3.63) is 0 Å². The number of imide groups is 1.